The fourth-order valence-electron chi connectivity index (χ4n) is 2.94. The molecule has 0 aliphatic heterocycles. The Bertz CT molecular complexity index is 206. The third-order valence-corrected chi connectivity index (χ3v) is 4.51. The Balaban J connectivity index is 4.42. The van der Waals surface area contributed by atoms with Crippen molar-refractivity contribution in [3.63, 3.8) is 0 Å². The molecule has 0 aliphatic rings. The summed E-state index contributed by atoms with van der Waals surface area (Å²) in [6, 6.07) is 0. The lowest BCUT2D eigenvalue weighted by Gasteiger charge is -2.39. The molecule has 0 aromatic carbocycles. The lowest BCUT2D eigenvalue weighted by molar-refractivity contribution is -0.385. The second-order valence-corrected chi connectivity index (χ2v) is 5.76. The summed E-state index contributed by atoms with van der Waals surface area (Å²) in [6.07, 6.45) is 10.1. The quantitative estimate of drug-likeness (QED) is 0.353. The highest BCUT2D eigenvalue weighted by Gasteiger charge is 2.42. The summed E-state index contributed by atoms with van der Waals surface area (Å²) >= 11 is 0. The Morgan fingerprint density at radius 1 is 0.800 bits per heavy atom. The first kappa shape index (κ1) is 19.9. The average Bonchev–Trinajstić information content (AvgIpc) is 2.49. The van der Waals surface area contributed by atoms with Crippen LogP contribution in [0.2, 0.25) is 0 Å². The van der Waals surface area contributed by atoms with Gasteiger partial charge in [0.15, 0.2) is 0 Å². The Morgan fingerprint density at radius 2 is 1.30 bits per heavy atom. The molecule has 2 unspecified atom stereocenters. The van der Waals surface area contributed by atoms with E-state index in [-0.39, 0.29) is 5.92 Å². The number of hydrogen-bond acceptors (Lipinski definition) is 3. The van der Waals surface area contributed by atoms with Gasteiger partial charge in [0, 0.05) is 27.2 Å². The van der Waals surface area contributed by atoms with Gasteiger partial charge in [0.2, 0.25) is 0 Å². The van der Waals surface area contributed by atoms with Crippen LogP contribution in [-0.4, -0.2) is 27.3 Å². The number of unbranched alkanes of at least 4 members (excludes halogenated alkanes) is 5. The second-order valence-electron chi connectivity index (χ2n) is 5.76. The molecule has 2 atom stereocenters. The van der Waals surface area contributed by atoms with Gasteiger partial charge in [0.1, 0.15) is 0 Å². The van der Waals surface area contributed by atoms with E-state index in [4.69, 9.17) is 14.2 Å². The van der Waals surface area contributed by atoms with Crippen molar-refractivity contribution in [3.8, 4) is 0 Å². The van der Waals surface area contributed by atoms with Crippen LogP contribution in [0.3, 0.4) is 0 Å². The normalized spacial score (nSPS) is 15.3. The van der Waals surface area contributed by atoms with Gasteiger partial charge in [0.25, 0.3) is 5.97 Å². The third kappa shape index (κ3) is 6.11. The molecule has 0 rings (SSSR count). The lowest BCUT2D eigenvalue weighted by Crippen LogP contribution is -2.46. The molecule has 0 saturated carbocycles. The Kier molecular flexibility index (Phi) is 11.5. The van der Waals surface area contributed by atoms with E-state index in [9.17, 15) is 0 Å². The summed E-state index contributed by atoms with van der Waals surface area (Å²) in [6.45, 7) is 6.72. The van der Waals surface area contributed by atoms with Crippen LogP contribution in [0.5, 0.6) is 0 Å². The van der Waals surface area contributed by atoms with Crippen LogP contribution in [0, 0.1) is 11.8 Å². The zero-order valence-corrected chi connectivity index (χ0v) is 14.5. The smallest absolute Gasteiger partial charge is 0.285 e. The van der Waals surface area contributed by atoms with Gasteiger partial charge in [-0.15, -0.1) is 0 Å². The molecule has 0 spiro atoms. The van der Waals surface area contributed by atoms with Crippen LogP contribution < -0.4 is 0 Å². The minimum Gasteiger partial charge on any atom is -0.331 e. The molecule has 3 heteroatoms. The van der Waals surface area contributed by atoms with Crippen molar-refractivity contribution >= 4 is 0 Å². The molecule has 122 valence electrons. The van der Waals surface area contributed by atoms with Crippen molar-refractivity contribution < 1.29 is 14.2 Å². The Labute approximate surface area is 126 Å². The minimum absolute atomic E-state index is 0.277. The Morgan fingerprint density at radius 3 is 1.75 bits per heavy atom. The molecule has 0 saturated heterocycles. The first-order valence-corrected chi connectivity index (χ1v) is 8.27. The zero-order chi connectivity index (χ0) is 15.4. The highest BCUT2D eigenvalue weighted by atomic mass is 16.9. The lowest BCUT2D eigenvalue weighted by atomic mass is 9.84. The van der Waals surface area contributed by atoms with Crippen molar-refractivity contribution in [2.75, 3.05) is 21.3 Å². The maximum atomic E-state index is 5.57. The second kappa shape index (κ2) is 11.5. The molecule has 0 N–H and O–H groups in total. The van der Waals surface area contributed by atoms with Crippen LogP contribution in [0.4, 0.5) is 0 Å². The molecule has 0 fully saturated rings. The van der Waals surface area contributed by atoms with Gasteiger partial charge in [0.05, 0.1) is 0 Å². The summed E-state index contributed by atoms with van der Waals surface area (Å²) < 4.78 is 16.7. The maximum absolute atomic E-state index is 5.57. The molecular weight excluding hydrogens is 252 g/mol. The van der Waals surface area contributed by atoms with Gasteiger partial charge in [-0.1, -0.05) is 65.7 Å². The predicted molar refractivity (Wildman–Crippen MR) is 84.7 cm³/mol. The van der Waals surface area contributed by atoms with Crippen molar-refractivity contribution in [3.05, 3.63) is 0 Å². The van der Waals surface area contributed by atoms with Crippen molar-refractivity contribution in [1.29, 1.82) is 0 Å². The molecule has 20 heavy (non-hydrogen) atoms. The van der Waals surface area contributed by atoms with Crippen LogP contribution in [0.1, 0.15) is 72.1 Å². The van der Waals surface area contributed by atoms with Crippen molar-refractivity contribution in [2.24, 2.45) is 11.8 Å². The molecule has 0 aromatic rings. The van der Waals surface area contributed by atoms with Gasteiger partial charge >= 0.3 is 0 Å². The largest absolute Gasteiger partial charge is 0.331 e. The number of hydrogen-bond donors (Lipinski definition) is 0. The average molecular weight is 288 g/mol. The summed E-state index contributed by atoms with van der Waals surface area (Å²) in [7, 11) is 5.01. The molecule has 0 radical (unpaired) electrons. The molecule has 0 aliphatic carbocycles. The van der Waals surface area contributed by atoms with Crippen molar-refractivity contribution in [2.45, 2.75) is 78.1 Å². The van der Waals surface area contributed by atoms with E-state index in [0.717, 1.165) is 12.8 Å². The number of methoxy groups -OCH3 is 3. The Hall–Kier alpha value is -0.120. The summed E-state index contributed by atoms with van der Waals surface area (Å²) in [5, 5.41) is 0. The molecule has 0 heterocycles. The highest BCUT2D eigenvalue weighted by molar-refractivity contribution is 4.75. The van der Waals surface area contributed by atoms with Gasteiger partial charge in [-0.25, -0.2) is 0 Å². The van der Waals surface area contributed by atoms with E-state index >= 15 is 0 Å². The third-order valence-electron chi connectivity index (χ3n) is 4.51. The molecule has 3 nitrogen and oxygen atoms in total. The fourth-order valence-corrected chi connectivity index (χ4v) is 2.94. The minimum atomic E-state index is -0.890. The van der Waals surface area contributed by atoms with Gasteiger partial charge in [-0.05, 0) is 12.3 Å². The standard InChI is InChI=1S/C17H36O3/c1-7-9-10-11-12-13-14-16(15(3)8-2)17(18-4,19-5)20-6/h15-16H,7-14H2,1-6H3. The number of rotatable bonds is 13. The van der Waals surface area contributed by atoms with E-state index in [2.05, 4.69) is 20.8 Å². The summed E-state index contributed by atoms with van der Waals surface area (Å²) in [5.41, 5.74) is 0. The van der Waals surface area contributed by atoms with E-state index in [1.165, 1.54) is 38.5 Å². The first-order chi connectivity index (χ1) is 9.61. The summed E-state index contributed by atoms with van der Waals surface area (Å²) in [4.78, 5) is 0. The molecular formula is C17H36O3. The van der Waals surface area contributed by atoms with E-state index in [1.807, 2.05) is 0 Å². The SMILES string of the molecule is CCCCCCCCC(C(C)CC)C(OC)(OC)OC. The van der Waals surface area contributed by atoms with Crippen LogP contribution in [0.25, 0.3) is 0 Å². The molecule has 0 amide bonds. The van der Waals surface area contributed by atoms with Crippen LogP contribution in [0.15, 0.2) is 0 Å². The number of ether oxygens (including phenoxy) is 3. The van der Waals surface area contributed by atoms with Crippen molar-refractivity contribution in [1.82, 2.24) is 0 Å². The summed E-state index contributed by atoms with van der Waals surface area (Å²) in [5.74, 6) is -0.0945. The van der Waals surface area contributed by atoms with Gasteiger partial charge < -0.3 is 14.2 Å². The van der Waals surface area contributed by atoms with E-state index in [0.29, 0.717) is 5.92 Å². The predicted octanol–water partition coefficient (Wildman–Crippen LogP) is 4.99. The molecule has 0 aromatic heterocycles. The maximum Gasteiger partial charge on any atom is 0.285 e. The fraction of sp³-hybridized carbons (Fsp3) is 1.00. The first-order valence-electron chi connectivity index (χ1n) is 8.27. The van der Waals surface area contributed by atoms with Crippen LogP contribution in [-0.2, 0) is 14.2 Å². The van der Waals surface area contributed by atoms with E-state index in [1.54, 1.807) is 21.3 Å². The molecule has 0 bridgehead atoms. The van der Waals surface area contributed by atoms with Crippen LogP contribution >= 0.6 is 0 Å². The monoisotopic (exact) mass is 288 g/mol. The van der Waals surface area contributed by atoms with Gasteiger partial charge in [-0.3, -0.25) is 0 Å². The van der Waals surface area contributed by atoms with E-state index < -0.39 is 5.97 Å². The van der Waals surface area contributed by atoms with Gasteiger partial charge in [-0.2, -0.15) is 0 Å². The highest BCUT2D eigenvalue weighted by Crippen LogP contribution is 2.35. The zero-order valence-electron chi connectivity index (χ0n) is 14.5. The topological polar surface area (TPSA) is 27.7 Å².